The van der Waals surface area contributed by atoms with Crippen LogP contribution in [-0.2, 0) is 9.53 Å². The molecule has 0 radical (unpaired) electrons. The van der Waals surface area contributed by atoms with Crippen molar-refractivity contribution in [1.82, 2.24) is 4.90 Å². The molecule has 22 heavy (non-hydrogen) atoms. The van der Waals surface area contributed by atoms with Gasteiger partial charge in [0.2, 0.25) is 5.76 Å². The molecule has 3 rings (SSSR count). The molecule has 1 fully saturated rings. The van der Waals surface area contributed by atoms with Gasteiger partial charge < -0.3 is 14.4 Å². The predicted octanol–water partition coefficient (Wildman–Crippen LogP) is 2.53. The van der Waals surface area contributed by atoms with Gasteiger partial charge in [0.25, 0.3) is 11.1 Å². The fraction of sp³-hybridized carbons (Fsp3) is 0.250. The molecule has 0 bridgehead atoms. The highest BCUT2D eigenvalue weighted by Gasteiger charge is 2.35. The topological polar surface area (TPSA) is 42.0 Å². The lowest BCUT2D eigenvalue weighted by molar-refractivity contribution is -0.122. The van der Waals surface area contributed by atoms with Crippen LogP contribution in [0.25, 0.3) is 6.08 Å². The summed E-state index contributed by atoms with van der Waals surface area (Å²) in [7, 11) is 3.25. The first-order valence-electron chi connectivity index (χ1n) is 6.94. The van der Waals surface area contributed by atoms with Crippen molar-refractivity contribution in [3.8, 4) is 5.75 Å². The van der Waals surface area contributed by atoms with Crippen LogP contribution in [0.5, 0.6) is 5.75 Å². The summed E-state index contributed by atoms with van der Waals surface area (Å²) in [6, 6.07) is 5.84. The Morgan fingerprint density at radius 3 is 2.68 bits per heavy atom. The fourth-order valence-electron chi connectivity index (χ4n) is 2.56. The van der Waals surface area contributed by atoms with E-state index in [0.717, 1.165) is 22.7 Å². The highest BCUT2D eigenvalue weighted by molar-refractivity contribution is 7.80. The number of allylic oxidation sites excluding steroid dienone is 1. The summed E-state index contributed by atoms with van der Waals surface area (Å²) in [5, 5.41) is 0.178. The number of rotatable bonds is 2. The van der Waals surface area contributed by atoms with Gasteiger partial charge in [-0.3, -0.25) is 9.69 Å². The van der Waals surface area contributed by atoms with Gasteiger partial charge in [0.15, 0.2) is 0 Å². The minimum Gasteiger partial charge on any atom is -0.497 e. The predicted molar refractivity (Wildman–Crippen MR) is 88.5 cm³/mol. The van der Waals surface area contributed by atoms with E-state index in [1.54, 1.807) is 14.2 Å². The molecule has 2 heterocycles. The van der Waals surface area contributed by atoms with Gasteiger partial charge in [0.05, 0.1) is 12.8 Å². The molecule has 1 aromatic carbocycles. The first kappa shape index (κ1) is 14.6. The summed E-state index contributed by atoms with van der Waals surface area (Å²) in [6.45, 7) is 2.73. The van der Waals surface area contributed by atoms with E-state index in [0.29, 0.717) is 6.54 Å². The molecule has 0 aliphatic carbocycles. The Morgan fingerprint density at radius 2 is 2.09 bits per heavy atom. The third kappa shape index (κ3) is 2.16. The number of ether oxygens (including phenoxy) is 2. The SMILES string of the molecule is CCN1/C(=C2\OC(=S)N(C)C2=O)C=Cc2cc(OC)ccc21. The number of fused-ring (bicyclic) bond motifs is 1. The minimum atomic E-state index is -0.222. The van der Waals surface area contributed by atoms with Gasteiger partial charge in [-0.25, -0.2) is 0 Å². The third-order valence-electron chi connectivity index (χ3n) is 3.75. The maximum atomic E-state index is 12.3. The monoisotopic (exact) mass is 316 g/mol. The Labute approximate surface area is 134 Å². The molecule has 1 amide bonds. The van der Waals surface area contributed by atoms with Gasteiger partial charge in [-0.05, 0) is 43.4 Å². The van der Waals surface area contributed by atoms with Crippen LogP contribution in [0.2, 0.25) is 0 Å². The number of carbonyl (C=O) groups excluding carboxylic acids is 1. The van der Waals surface area contributed by atoms with Crippen molar-refractivity contribution in [2.45, 2.75) is 6.92 Å². The number of benzene rings is 1. The molecule has 0 spiro atoms. The highest BCUT2D eigenvalue weighted by Crippen LogP contribution is 2.35. The van der Waals surface area contributed by atoms with E-state index >= 15 is 0 Å². The summed E-state index contributed by atoms with van der Waals surface area (Å²) < 4.78 is 10.7. The second-order valence-electron chi connectivity index (χ2n) is 4.95. The van der Waals surface area contributed by atoms with Gasteiger partial charge in [0.1, 0.15) is 5.75 Å². The standard InChI is InChI=1S/C16H16N2O3S/c1-4-18-12-8-6-11(20-3)9-10(12)5-7-13(18)14-15(19)17(2)16(22)21-14/h5-9H,4H2,1-3H3/b14-13-. The number of thiocarbonyl (C=S) groups is 1. The number of likely N-dealkylation sites (N-methyl/N-ethyl adjacent to an activating group) is 2. The van der Waals surface area contributed by atoms with E-state index < -0.39 is 0 Å². The molecular weight excluding hydrogens is 300 g/mol. The van der Waals surface area contributed by atoms with Gasteiger partial charge in [-0.15, -0.1) is 0 Å². The molecule has 0 atom stereocenters. The quantitative estimate of drug-likeness (QED) is 0.619. The summed E-state index contributed by atoms with van der Waals surface area (Å²) in [5.41, 5.74) is 2.76. The van der Waals surface area contributed by atoms with Gasteiger partial charge in [-0.2, -0.15) is 0 Å². The fourth-order valence-corrected chi connectivity index (χ4v) is 2.73. The second-order valence-corrected chi connectivity index (χ2v) is 5.30. The minimum absolute atomic E-state index is 0.178. The van der Waals surface area contributed by atoms with Gasteiger partial charge in [0, 0.05) is 24.8 Å². The summed E-state index contributed by atoms with van der Waals surface area (Å²) in [4.78, 5) is 15.6. The number of methoxy groups -OCH3 is 1. The number of nitrogens with zero attached hydrogens (tertiary/aromatic N) is 2. The Balaban J connectivity index is 2.10. The average molecular weight is 316 g/mol. The zero-order valence-electron chi connectivity index (χ0n) is 12.6. The van der Waals surface area contributed by atoms with Crippen LogP contribution in [0.3, 0.4) is 0 Å². The Bertz CT molecular complexity index is 724. The second kappa shape index (κ2) is 5.46. The lowest BCUT2D eigenvalue weighted by Crippen LogP contribution is -2.28. The van der Waals surface area contributed by atoms with Crippen molar-refractivity contribution in [3.05, 3.63) is 41.3 Å². The van der Waals surface area contributed by atoms with Crippen molar-refractivity contribution in [3.63, 3.8) is 0 Å². The van der Waals surface area contributed by atoms with E-state index in [2.05, 4.69) is 0 Å². The first-order valence-corrected chi connectivity index (χ1v) is 7.35. The average Bonchev–Trinajstić information content (AvgIpc) is 2.80. The van der Waals surface area contributed by atoms with Crippen LogP contribution in [0.15, 0.2) is 35.7 Å². The molecule has 0 aromatic heterocycles. The van der Waals surface area contributed by atoms with Crippen molar-refractivity contribution in [2.24, 2.45) is 0 Å². The van der Waals surface area contributed by atoms with Gasteiger partial charge >= 0.3 is 0 Å². The zero-order chi connectivity index (χ0) is 15.9. The molecule has 2 aliphatic rings. The van der Waals surface area contributed by atoms with E-state index in [-0.39, 0.29) is 16.8 Å². The summed E-state index contributed by atoms with van der Waals surface area (Å²) in [5.74, 6) is 0.844. The van der Waals surface area contributed by atoms with Crippen molar-refractivity contribution >= 4 is 35.1 Å². The highest BCUT2D eigenvalue weighted by atomic mass is 32.1. The molecule has 1 aromatic rings. The van der Waals surface area contributed by atoms with E-state index in [4.69, 9.17) is 21.7 Å². The lowest BCUT2D eigenvalue weighted by Gasteiger charge is -2.29. The van der Waals surface area contributed by atoms with Crippen LogP contribution < -0.4 is 9.64 Å². The lowest BCUT2D eigenvalue weighted by atomic mass is 10.0. The van der Waals surface area contributed by atoms with E-state index in [1.807, 2.05) is 42.2 Å². The van der Waals surface area contributed by atoms with Crippen molar-refractivity contribution < 1.29 is 14.3 Å². The molecule has 114 valence electrons. The van der Waals surface area contributed by atoms with E-state index in [9.17, 15) is 4.79 Å². The molecular formula is C16H16N2O3S. The zero-order valence-corrected chi connectivity index (χ0v) is 13.4. The summed E-state index contributed by atoms with van der Waals surface area (Å²) in [6.07, 6.45) is 3.82. The van der Waals surface area contributed by atoms with Crippen LogP contribution in [0, 0.1) is 0 Å². The Hall–Kier alpha value is -2.34. The number of carbonyl (C=O) groups is 1. The molecule has 1 saturated heterocycles. The number of hydrogen-bond donors (Lipinski definition) is 0. The van der Waals surface area contributed by atoms with Crippen molar-refractivity contribution in [1.29, 1.82) is 0 Å². The first-order chi connectivity index (χ1) is 10.6. The maximum Gasteiger partial charge on any atom is 0.299 e. The largest absolute Gasteiger partial charge is 0.497 e. The van der Waals surface area contributed by atoms with Crippen LogP contribution in [-0.4, -0.2) is 36.7 Å². The molecule has 0 unspecified atom stereocenters. The third-order valence-corrected chi connectivity index (χ3v) is 4.11. The molecule has 6 heteroatoms. The molecule has 5 nitrogen and oxygen atoms in total. The molecule has 2 aliphatic heterocycles. The number of anilines is 1. The normalized spacial score (nSPS) is 20.3. The molecule has 0 N–H and O–H groups in total. The Kier molecular flexibility index (Phi) is 3.62. The maximum absolute atomic E-state index is 12.3. The van der Waals surface area contributed by atoms with Crippen LogP contribution >= 0.6 is 12.2 Å². The number of hydrogen-bond acceptors (Lipinski definition) is 5. The van der Waals surface area contributed by atoms with Gasteiger partial charge in [-0.1, -0.05) is 6.08 Å². The van der Waals surface area contributed by atoms with Crippen LogP contribution in [0.1, 0.15) is 12.5 Å². The smallest absolute Gasteiger partial charge is 0.299 e. The molecule has 0 saturated carbocycles. The van der Waals surface area contributed by atoms with E-state index in [1.165, 1.54) is 4.90 Å². The Morgan fingerprint density at radius 1 is 1.32 bits per heavy atom. The van der Waals surface area contributed by atoms with Crippen molar-refractivity contribution in [2.75, 3.05) is 25.6 Å². The van der Waals surface area contributed by atoms with Crippen LogP contribution in [0.4, 0.5) is 5.69 Å². The number of amides is 1. The summed E-state index contributed by atoms with van der Waals surface area (Å²) >= 11 is 5.04.